The van der Waals surface area contributed by atoms with Crippen molar-refractivity contribution < 1.29 is 63.2 Å². The Kier molecular flexibility index (Phi) is 27.7. The van der Waals surface area contributed by atoms with Crippen LogP contribution in [-0.4, -0.2) is 75.1 Å². The summed E-state index contributed by atoms with van der Waals surface area (Å²) in [6.07, 6.45) is 2.68. The predicted octanol–water partition coefficient (Wildman–Crippen LogP) is -1.32. The summed E-state index contributed by atoms with van der Waals surface area (Å²) >= 11 is 0. The van der Waals surface area contributed by atoms with Crippen molar-refractivity contribution in [3.8, 4) is 0 Å². The summed E-state index contributed by atoms with van der Waals surface area (Å²) in [5, 5.41) is 3.19. The van der Waals surface area contributed by atoms with Gasteiger partial charge in [0, 0.05) is 17.7 Å². The molecule has 19 heteroatoms. The maximum Gasteiger partial charge on any atom is 1.00 e. The largest absolute Gasteiger partial charge is 1.00 e. The molecule has 1 rings (SSSR count). The molecular weight excluding hydrogens is 513 g/mol. The average Bonchev–Trinajstić information content (AvgIpc) is 3.07. The quantitative estimate of drug-likeness (QED) is 0.0850. The van der Waals surface area contributed by atoms with Crippen molar-refractivity contribution in [3.63, 3.8) is 0 Å². The van der Waals surface area contributed by atoms with E-state index in [0.29, 0.717) is 32.4 Å². The molecule has 190 valence electrons. The maximum atomic E-state index is 11.0. The van der Waals surface area contributed by atoms with E-state index in [-0.39, 0.29) is 65.9 Å². The molecule has 0 bridgehead atoms. The number of hydrogen-bond donors (Lipinski definition) is 1. The Labute approximate surface area is 218 Å². The molecule has 0 spiro atoms. The van der Waals surface area contributed by atoms with Gasteiger partial charge in [0.15, 0.2) is 0 Å². The van der Waals surface area contributed by atoms with E-state index in [1.54, 1.807) is 0 Å². The van der Waals surface area contributed by atoms with E-state index in [9.17, 15) is 25.3 Å². The second-order valence-electron chi connectivity index (χ2n) is 6.55. The van der Waals surface area contributed by atoms with Crippen molar-refractivity contribution in [3.05, 3.63) is 26.4 Å². The smallest absolute Gasteiger partial charge is 0.373 e. The first-order valence-corrected chi connectivity index (χ1v) is 14.5. The first-order valence-electron chi connectivity index (χ1n) is 9.27. The van der Waals surface area contributed by atoms with Crippen LogP contribution in [-0.2, 0) is 38.4 Å². The number of azide groups is 1. The van der Waals surface area contributed by atoms with Crippen LogP contribution in [0.25, 0.3) is 26.4 Å². The molecule has 0 saturated carbocycles. The van der Waals surface area contributed by atoms with Crippen LogP contribution < -0.4 is 35.3 Å². The van der Waals surface area contributed by atoms with Crippen LogP contribution in [0.15, 0.2) is 5.11 Å². The van der Waals surface area contributed by atoms with Gasteiger partial charge in [-0.3, -0.25) is 13.3 Å². The predicted molar refractivity (Wildman–Crippen MR) is 121 cm³/mol. The van der Waals surface area contributed by atoms with E-state index in [2.05, 4.69) is 14.2 Å². The Hall–Kier alpha value is -0.650. The van der Waals surface area contributed by atoms with Crippen LogP contribution >= 0.6 is 0 Å². The van der Waals surface area contributed by atoms with E-state index < -0.39 is 30.1 Å². The van der Waals surface area contributed by atoms with E-state index in [1.165, 1.54) is 4.91 Å². The first-order chi connectivity index (χ1) is 14.7. The second-order valence-corrected chi connectivity index (χ2v) is 12.3. The van der Waals surface area contributed by atoms with Crippen molar-refractivity contribution in [1.82, 2.24) is 0 Å². The fraction of sp³-hybridized carbons (Fsp3) is 1.00. The minimum absolute atomic E-state index is 0. The third-order valence-corrected chi connectivity index (χ3v) is 6.45. The fourth-order valence-corrected chi connectivity index (χ4v) is 4.21. The topological polar surface area (TPSA) is 254 Å². The molecule has 0 amide bonds. The van der Waals surface area contributed by atoms with Gasteiger partial charge in [-0.1, -0.05) is 19.0 Å². The minimum atomic E-state index is -3.32. The molecule has 0 unspecified atom stereocenters. The fourth-order valence-electron chi connectivity index (χ4n) is 1.48. The maximum absolute atomic E-state index is 11.0. The molecule has 0 aromatic heterocycles. The standard InChI is InChI=1S/C7H17NO3S.C4H9N3O2S.C3H6O3S.N3.Na/c1-7(2)6-11-12(9,10)5-3-4-8;1-10(8,9)4-2-3-6-7-5;4-7(5)3-1-2-6-7;1-3-2;/h7H,3-6,8H2,1-2H3;2-4H2,1H3;1-3H2;;/q;;;-1;+1. The van der Waals surface area contributed by atoms with Crippen LogP contribution in [0.4, 0.5) is 0 Å². The zero-order chi connectivity index (χ0) is 25.7. The van der Waals surface area contributed by atoms with E-state index >= 15 is 0 Å². The van der Waals surface area contributed by atoms with Crippen LogP contribution in [0.5, 0.6) is 0 Å². The first kappa shape index (κ1) is 39.6. The summed E-state index contributed by atoms with van der Waals surface area (Å²) in [4.78, 5) is 3.99. The van der Waals surface area contributed by atoms with Crippen LogP contribution in [0, 0.1) is 5.92 Å². The summed E-state index contributed by atoms with van der Waals surface area (Å²) in [5.41, 5.74) is 26.5. The molecule has 0 aliphatic carbocycles. The van der Waals surface area contributed by atoms with Gasteiger partial charge in [0.1, 0.15) is 9.84 Å². The Morgan fingerprint density at radius 1 is 1.12 bits per heavy atom. The molecule has 1 heterocycles. The molecule has 15 nitrogen and oxygen atoms in total. The molecule has 0 aromatic carbocycles. The monoisotopic (exact) mass is 545 g/mol. The zero-order valence-electron chi connectivity index (χ0n) is 19.4. The third-order valence-electron chi connectivity index (χ3n) is 2.82. The molecule has 2 N–H and O–H groups in total. The molecule has 1 fully saturated rings. The van der Waals surface area contributed by atoms with Gasteiger partial charge in [0.05, 0.1) is 30.5 Å². The van der Waals surface area contributed by atoms with E-state index in [4.69, 9.17) is 26.5 Å². The Bertz CT molecular complexity index is 872. The average molecular weight is 546 g/mol. The van der Waals surface area contributed by atoms with Gasteiger partial charge in [0.25, 0.3) is 20.2 Å². The number of hydrogen-bond acceptors (Lipinski definition) is 10. The minimum Gasteiger partial charge on any atom is -0.373 e. The normalized spacial score (nSPS) is 13.8. The van der Waals surface area contributed by atoms with Crippen molar-refractivity contribution in [2.75, 3.05) is 49.8 Å². The van der Waals surface area contributed by atoms with Crippen molar-refractivity contribution in [2.45, 2.75) is 33.1 Å². The van der Waals surface area contributed by atoms with Crippen molar-refractivity contribution in [1.29, 1.82) is 0 Å². The molecule has 33 heavy (non-hydrogen) atoms. The third kappa shape index (κ3) is 38.9. The van der Waals surface area contributed by atoms with E-state index in [0.717, 1.165) is 6.26 Å². The van der Waals surface area contributed by atoms with Gasteiger partial charge in [-0.2, -0.15) is 16.8 Å². The Balaban J connectivity index is -0.000000181. The summed E-state index contributed by atoms with van der Waals surface area (Å²) in [6.45, 7) is 5.07. The summed E-state index contributed by atoms with van der Waals surface area (Å²) in [5.74, 6) is 0.549. The Morgan fingerprint density at radius 3 is 1.97 bits per heavy atom. The molecular formula is C14H32N7NaO8S3. The van der Waals surface area contributed by atoms with Crippen LogP contribution in [0.3, 0.4) is 0 Å². The van der Waals surface area contributed by atoms with Gasteiger partial charge >= 0.3 is 29.6 Å². The molecule has 0 aromatic rings. The van der Waals surface area contributed by atoms with Crippen LogP contribution in [0.1, 0.15) is 33.1 Å². The Morgan fingerprint density at radius 2 is 1.67 bits per heavy atom. The van der Waals surface area contributed by atoms with Gasteiger partial charge in [0.2, 0.25) is 0 Å². The van der Waals surface area contributed by atoms with Crippen LogP contribution in [0.2, 0.25) is 0 Å². The SMILES string of the molecule is CC(C)COS(=O)(=O)CCCN.CS(=O)(=O)CCCN=[N+]=[N-].O=S1(=O)CCCO1.[N-]=[N+]=[N-].[Na+]. The van der Waals surface area contributed by atoms with Crippen molar-refractivity contribution in [2.24, 2.45) is 16.8 Å². The van der Waals surface area contributed by atoms with Gasteiger partial charge in [-0.25, -0.2) is 8.42 Å². The molecule has 1 aliphatic rings. The van der Waals surface area contributed by atoms with Crippen molar-refractivity contribution >= 4 is 30.1 Å². The molecule has 1 saturated heterocycles. The summed E-state index contributed by atoms with van der Waals surface area (Å²) < 4.78 is 72.4. The number of nitrogens with zero attached hydrogens (tertiary/aromatic N) is 6. The summed E-state index contributed by atoms with van der Waals surface area (Å²) in [7, 11) is -9.25. The van der Waals surface area contributed by atoms with Gasteiger partial charge in [-0.15, -0.1) is 0 Å². The number of rotatable bonds is 10. The number of nitrogens with two attached hydrogens (primary N) is 1. The van der Waals surface area contributed by atoms with Gasteiger partial charge < -0.3 is 16.8 Å². The molecule has 1 aliphatic heterocycles. The van der Waals surface area contributed by atoms with Gasteiger partial charge in [-0.05, 0) is 37.3 Å². The summed E-state index contributed by atoms with van der Waals surface area (Å²) in [6, 6.07) is 0. The van der Waals surface area contributed by atoms with E-state index in [1.807, 2.05) is 13.8 Å². The zero-order valence-corrected chi connectivity index (χ0v) is 23.8. The molecule has 0 atom stereocenters. The second kappa shape index (κ2) is 23.1. The number of sulfone groups is 1. The molecule has 0 radical (unpaired) electrons.